The largest absolute Gasteiger partial charge is 0.390 e. The first-order valence-electron chi connectivity index (χ1n) is 8.97. The second-order valence-electron chi connectivity index (χ2n) is 6.84. The van der Waals surface area contributed by atoms with E-state index < -0.39 is 11.0 Å². The molecule has 0 spiro atoms. The van der Waals surface area contributed by atoms with Gasteiger partial charge in [0.2, 0.25) is 0 Å². The van der Waals surface area contributed by atoms with Gasteiger partial charge >= 0.3 is 5.82 Å². The number of carbonyl (C=O) groups is 1. The van der Waals surface area contributed by atoms with Crippen molar-refractivity contribution in [2.75, 3.05) is 5.32 Å². The predicted octanol–water partition coefficient (Wildman–Crippen LogP) is 3.30. The number of hydrogen-bond acceptors (Lipinski definition) is 5. The lowest BCUT2D eigenvalue weighted by atomic mass is 10.2. The van der Waals surface area contributed by atoms with Crippen LogP contribution in [0.15, 0.2) is 30.3 Å². The van der Waals surface area contributed by atoms with Gasteiger partial charge in [-0.1, -0.05) is 12.1 Å². The van der Waals surface area contributed by atoms with E-state index in [-0.39, 0.29) is 17.5 Å². The molecule has 0 bridgehead atoms. The number of carbonyl (C=O) groups excluding carboxylic acids is 1. The molecule has 0 aliphatic rings. The molecule has 0 aliphatic carbocycles. The highest BCUT2D eigenvalue weighted by Gasteiger charge is 2.26. The number of aromatic nitrogens is 4. The second-order valence-corrected chi connectivity index (χ2v) is 6.84. The maximum Gasteiger partial charge on any atom is 0.390 e. The van der Waals surface area contributed by atoms with Crippen molar-refractivity contribution in [3.05, 3.63) is 68.9 Å². The molecule has 29 heavy (non-hydrogen) atoms. The summed E-state index contributed by atoms with van der Waals surface area (Å²) in [5, 5.41) is 22.1. The van der Waals surface area contributed by atoms with E-state index in [2.05, 4.69) is 15.5 Å². The molecule has 0 saturated carbocycles. The second kappa shape index (κ2) is 7.82. The number of nitrogens with one attached hydrogen (secondary N) is 1. The number of nitrogens with zero attached hydrogens (tertiary/aromatic N) is 5. The minimum atomic E-state index is -0.755. The number of hydrogen-bond donors (Lipinski definition) is 1. The number of rotatable bonds is 6. The average molecular weight is 400 g/mol. The zero-order chi connectivity index (χ0) is 21.3. The van der Waals surface area contributed by atoms with Crippen molar-refractivity contribution in [3.63, 3.8) is 0 Å². The minimum Gasteiger partial charge on any atom is -0.358 e. The number of benzene rings is 1. The fourth-order valence-electron chi connectivity index (χ4n) is 3.13. The van der Waals surface area contributed by atoms with Gasteiger partial charge in [-0.05, 0) is 50.3 Å². The fraction of sp³-hybridized carbons (Fsp3) is 0.316. The molecule has 1 amide bonds. The van der Waals surface area contributed by atoms with Crippen molar-refractivity contribution in [2.45, 2.75) is 40.3 Å². The molecule has 3 aromatic rings. The maximum atomic E-state index is 13.4. The third-order valence-corrected chi connectivity index (χ3v) is 4.69. The standard InChI is InChI=1S/C19H21FN6O3/c1-11-8-17(26(28)29)23-25(11)14(4)19(27)21-18-12(2)22-24(13(18)3)10-15-6-5-7-16(20)9-15/h5-9,14H,10H2,1-4H3,(H,21,27). The smallest absolute Gasteiger partial charge is 0.358 e. The monoisotopic (exact) mass is 400 g/mol. The molecule has 0 aliphatic heterocycles. The normalized spacial score (nSPS) is 12.0. The van der Waals surface area contributed by atoms with Crippen LogP contribution in [0.5, 0.6) is 0 Å². The number of anilines is 1. The van der Waals surface area contributed by atoms with Crippen molar-refractivity contribution in [1.29, 1.82) is 0 Å². The van der Waals surface area contributed by atoms with E-state index in [0.29, 0.717) is 23.6 Å². The van der Waals surface area contributed by atoms with Crippen LogP contribution < -0.4 is 5.32 Å². The van der Waals surface area contributed by atoms with Gasteiger partial charge in [-0.2, -0.15) is 9.78 Å². The molecule has 1 aromatic carbocycles. The van der Waals surface area contributed by atoms with Crippen molar-refractivity contribution in [3.8, 4) is 0 Å². The topological polar surface area (TPSA) is 108 Å². The van der Waals surface area contributed by atoms with Gasteiger partial charge in [-0.15, -0.1) is 0 Å². The van der Waals surface area contributed by atoms with Gasteiger partial charge in [0.1, 0.15) is 11.9 Å². The van der Waals surface area contributed by atoms with Crippen molar-refractivity contribution in [1.82, 2.24) is 19.6 Å². The lowest BCUT2D eigenvalue weighted by molar-refractivity contribution is -0.389. The molecular formula is C19H21FN6O3. The minimum absolute atomic E-state index is 0.308. The van der Waals surface area contributed by atoms with Crippen molar-refractivity contribution in [2.24, 2.45) is 0 Å². The van der Waals surface area contributed by atoms with Gasteiger partial charge in [0.05, 0.1) is 40.5 Å². The zero-order valence-electron chi connectivity index (χ0n) is 16.5. The van der Waals surface area contributed by atoms with Crippen LogP contribution in [0.1, 0.15) is 35.6 Å². The van der Waals surface area contributed by atoms with Crippen LogP contribution in [-0.2, 0) is 11.3 Å². The Morgan fingerprint density at radius 1 is 1.28 bits per heavy atom. The summed E-state index contributed by atoms with van der Waals surface area (Å²) in [6, 6.07) is 6.80. The summed E-state index contributed by atoms with van der Waals surface area (Å²) in [6.45, 7) is 7.20. The van der Waals surface area contributed by atoms with Crippen LogP contribution in [0.25, 0.3) is 0 Å². The first-order valence-corrected chi connectivity index (χ1v) is 8.97. The van der Waals surface area contributed by atoms with E-state index in [1.807, 2.05) is 6.92 Å². The fourth-order valence-corrected chi connectivity index (χ4v) is 3.13. The molecule has 9 nitrogen and oxygen atoms in total. The zero-order valence-corrected chi connectivity index (χ0v) is 16.5. The molecule has 1 unspecified atom stereocenters. The van der Waals surface area contributed by atoms with E-state index in [0.717, 1.165) is 11.3 Å². The van der Waals surface area contributed by atoms with Crippen molar-refractivity contribution >= 4 is 17.4 Å². The van der Waals surface area contributed by atoms with Crippen LogP contribution in [0.2, 0.25) is 0 Å². The van der Waals surface area contributed by atoms with Gasteiger partial charge in [0.25, 0.3) is 5.91 Å². The Balaban J connectivity index is 1.80. The Kier molecular flexibility index (Phi) is 5.44. The molecule has 152 valence electrons. The van der Waals surface area contributed by atoms with Gasteiger partial charge < -0.3 is 15.4 Å². The summed E-state index contributed by atoms with van der Waals surface area (Å²) in [6.07, 6.45) is 0. The molecule has 10 heteroatoms. The van der Waals surface area contributed by atoms with Crippen LogP contribution in [0, 0.1) is 36.7 Å². The molecule has 2 aromatic heterocycles. The van der Waals surface area contributed by atoms with Crippen LogP contribution in [0.4, 0.5) is 15.9 Å². The molecule has 0 saturated heterocycles. The Morgan fingerprint density at radius 3 is 2.62 bits per heavy atom. The molecule has 2 heterocycles. The SMILES string of the molecule is Cc1nn(Cc2cccc(F)c2)c(C)c1NC(=O)C(C)n1nc([N+](=O)[O-])cc1C. The highest BCUT2D eigenvalue weighted by Crippen LogP contribution is 2.23. The molecule has 0 radical (unpaired) electrons. The summed E-state index contributed by atoms with van der Waals surface area (Å²) in [7, 11) is 0. The first-order chi connectivity index (χ1) is 13.7. The van der Waals surface area contributed by atoms with E-state index in [9.17, 15) is 19.3 Å². The summed E-state index contributed by atoms with van der Waals surface area (Å²) in [4.78, 5) is 23.0. The molecule has 1 atom stereocenters. The van der Waals surface area contributed by atoms with Crippen LogP contribution in [-0.4, -0.2) is 30.4 Å². The average Bonchev–Trinajstić information content (AvgIpc) is 3.16. The lowest BCUT2D eigenvalue weighted by Crippen LogP contribution is -2.25. The van der Waals surface area contributed by atoms with Crippen molar-refractivity contribution < 1.29 is 14.1 Å². The van der Waals surface area contributed by atoms with E-state index in [4.69, 9.17) is 0 Å². The highest BCUT2D eigenvalue weighted by molar-refractivity contribution is 5.94. The number of aryl methyl sites for hydroxylation is 2. The number of nitro groups is 1. The number of halogens is 1. The third-order valence-electron chi connectivity index (χ3n) is 4.69. The molecule has 3 rings (SSSR count). The Labute approximate surface area is 166 Å². The van der Waals surface area contributed by atoms with Gasteiger partial charge in [0.15, 0.2) is 0 Å². The summed E-state index contributed by atoms with van der Waals surface area (Å²) < 4.78 is 16.4. The van der Waals surface area contributed by atoms with E-state index in [1.165, 1.54) is 22.9 Å². The van der Waals surface area contributed by atoms with E-state index >= 15 is 0 Å². The lowest BCUT2D eigenvalue weighted by Gasteiger charge is -2.12. The summed E-state index contributed by atoms with van der Waals surface area (Å²) in [5.74, 6) is -1.00. The van der Waals surface area contributed by atoms with Gasteiger partial charge in [-0.3, -0.25) is 9.48 Å². The predicted molar refractivity (Wildman–Crippen MR) is 104 cm³/mol. The molecule has 1 N–H and O–H groups in total. The maximum absolute atomic E-state index is 13.4. The van der Waals surface area contributed by atoms with Gasteiger partial charge in [0, 0.05) is 0 Å². The number of amides is 1. The van der Waals surface area contributed by atoms with Crippen LogP contribution in [0.3, 0.4) is 0 Å². The Bertz CT molecular complexity index is 1090. The quantitative estimate of drug-likeness (QED) is 0.504. The highest BCUT2D eigenvalue weighted by atomic mass is 19.1. The molecule has 0 fully saturated rings. The van der Waals surface area contributed by atoms with Crippen LogP contribution >= 0.6 is 0 Å². The Morgan fingerprint density at radius 2 is 2.00 bits per heavy atom. The third kappa shape index (κ3) is 4.15. The summed E-state index contributed by atoms with van der Waals surface area (Å²) in [5.41, 5.74) is 3.14. The first kappa shape index (κ1) is 20.2. The summed E-state index contributed by atoms with van der Waals surface area (Å²) >= 11 is 0. The molecular weight excluding hydrogens is 379 g/mol. The Hall–Kier alpha value is -3.56. The van der Waals surface area contributed by atoms with Gasteiger partial charge in [-0.25, -0.2) is 4.39 Å². The van der Waals surface area contributed by atoms with E-state index in [1.54, 1.807) is 37.6 Å².